The van der Waals surface area contributed by atoms with Gasteiger partial charge in [0.1, 0.15) is 17.2 Å². The average Bonchev–Trinajstić information content (AvgIpc) is 2.72. The zero-order valence-electron chi connectivity index (χ0n) is 15.5. The zero-order chi connectivity index (χ0) is 19.1. The lowest BCUT2D eigenvalue weighted by atomic mass is 10.1. The number of methoxy groups -OCH3 is 2. The molecule has 0 radical (unpaired) electrons. The van der Waals surface area contributed by atoms with Crippen molar-refractivity contribution in [2.75, 3.05) is 19.5 Å². The van der Waals surface area contributed by atoms with Crippen molar-refractivity contribution in [1.82, 2.24) is 0 Å². The SMILES string of the molecule is COc1cc(/C=C/c2ccc(NCc3ccccc3O)cc2)cc(OC)c1. The van der Waals surface area contributed by atoms with Gasteiger partial charge in [0.25, 0.3) is 0 Å². The molecule has 0 aromatic heterocycles. The molecule has 0 atom stereocenters. The van der Waals surface area contributed by atoms with Crippen molar-refractivity contribution < 1.29 is 14.6 Å². The van der Waals surface area contributed by atoms with Gasteiger partial charge in [-0.3, -0.25) is 0 Å². The van der Waals surface area contributed by atoms with E-state index in [1.807, 2.05) is 72.8 Å². The summed E-state index contributed by atoms with van der Waals surface area (Å²) < 4.78 is 10.6. The van der Waals surface area contributed by atoms with E-state index in [0.717, 1.165) is 33.9 Å². The van der Waals surface area contributed by atoms with Gasteiger partial charge < -0.3 is 19.9 Å². The van der Waals surface area contributed by atoms with E-state index in [0.29, 0.717) is 12.3 Å². The summed E-state index contributed by atoms with van der Waals surface area (Å²) in [5.41, 5.74) is 3.96. The van der Waals surface area contributed by atoms with Gasteiger partial charge in [0, 0.05) is 23.9 Å². The third kappa shape index (κ3) is 5.05. The number of rotatable bonds is 7. The Morgan fingerprint density at radius 2 is 1.44 bits per heavy atom. The Balaban J connectivity index is 1.65. The van der Waals surface area contributed by atoms with Crippen LogP contribution < -0.4 is 14.8 Å². The van der Waals surface area contributed by atoms with Gasteiger partial charge in [0.15, 0.2) is 0 Å². The third-order valence-corrected chi connectivity index (χ3v) is 4.23. The average molecular weight is 361 g/mol. The molecule has 0 aliphatic carbocycles. The number of para-hydroxylation sites is 1. The fraction of sp³-hybridized carbons (Fsp3) is 0.130. The Bertz CT molecular complexity index is 895. The van der Waals surface area contributed by atoms with Crippen LogP contribution in [0.5, 0.6) is 17.2 Å². The van der Waals surface area contributed by atoms with Gasteiger partial charge in [-0.15, -0.1) is 0 Å². The Kier molecular flexibility index (Phi) is 6.00. The van der Waals surface area contributed by atoms with Crippen LogP contribution in [0.2, 0.25) is 0 Å². The highest BCUT2D eigenvalue weighted by Crippen LogP contribution is 2.24. The largest absolute Gasteiger partial charge is 0.508 e. The second-order valence-electron chi connectivity index (χ2n) is 6.08. The molecular formula is C23H23NO3. The van der Waals surface area contributed by atoms with Gasteiger partial charge in [-0.05, 0) is 41.5 Å². The van der Waals surface area contributed by atoms with Crippen molar-refractivity contribution in [3.63, 3.8) is 0 Å². The van der Waals surface area contributed by atoms with Crippen LogP contribution in [0.1, 0.15) is 16.7 Å². The summed E-state index contributed by atoms with van der Waals surface area (Å²) >= 11 is 0. The van der Waals surface area contributed by atoms with E-state index < -0.39 is 0 Å². The summed E-state index contributed by atoms with van der Waals surface area (Å²) in [5.74, 6) is 1.83. The number of hydrogen-bond donors (Lipinski definition) is 2. The van der Waals surface area contributed by atoms with Gasteiger partial charge in [-0.1, -0.05) is 42.5 Å². The van der Waals surface area contributed by atoms with Gasteiger partial charge in [-0.25, -0.2) is 0 Å². The normalized spacial score (nSPS) is 10.7. The molecule has 27 heavy (non-hydrogen) atoms. The molecule has 0 amide bonds. The molecule has 0 bridgehead atoms. The number of anilines is 1. The van der Waals surface area contributed by atoms with Crippen LogP contribution in [0, 0.1) is 0 Å². The molecule has 3 rings (SSSR count). The van der Waals surface area contributed by atoms with Gasteiger partial charge in [0.05, 0.1) is 14.2 Å². The van der Waals surface area contributed by atoms with E-state index in [-0.39, 0.29) is 0 Å². The predicted octanol–water partition coefficient (Wildman–Crippen LogP) is 5.19. The number of nitrogens with one attached hydrogen (secondary N) is 1. The maximum absolute atomic E-state index is 9.82. The molecule has 0 unspecified atom stereocenters. The molecule has 0 saturated carbocycles. The maximum Gasteiger partial charge on any atom is 0.123 e. The summed E-state index contributed by atoms with van der Waals surface area (Å²) in [7, 11) is 3.28. The van der Waals surface area contributed by atoms with Crippen LogP contribution in [0.3, 0.4) is 0 Å². The Labute approximate surface area is 159 Å². The number of benzene rings is 3. The molecule has 0 saturated heterocycles. The van der Waals surface area contributed by atoms with Crippen LogP contribution in [0.4, 0.5) is 5.69 Å². The summed E-state index contributed by atoms with van der Waals surface area (Å²) in [5, 5.41) is 13.1. The lowest BCUT2D eigenvalue weighted by Gasteiger charge is -2.08. The molecule has 3 aromatic carbocycles. The standard InChI is InChI=1S/C23H23NO3/c1-26-21-13-18(14-22(15-21)27-2)8-7-17-9-11-20(12-10-17)24-16-19-5-3-4-6-23(19)25/h3-15,24-25H,16H2,1-2H3/b8-7+. The van der Waals surface area contributed by atoms with Gasteiger partial charge in [-0.2, -0.15) is 0 Å². The Morgan fingerprint density at radius 3 is 2.07 bits per heavy atom. The summed E-state index contributed by atoms with van der Waals surface area (Å²) in [6, 6.07) is 21.2. The van der Waals surface area contributed by atoms with Crippen LogP contribution >= 0.6 is 0 Å². The van der Waals surface area contributed by atoms with Gasteiger partial charge >= 0.3 is 0 Å². The molecule has 4 heteroatoms. The maximum atomic E-state index is 9.82. The van der Waals surface area contributed by atoms with Crippen LogP contribution in [0.25, 0.3) is 12.2 Å². The third-order valence-electron chi connectivity index (χ3n) is 4.23. The molecule has 4 nitrogen and oxygen atoms in total. The highest BCUT2D eigenvalue weighted by molar-refractivity contribution is 5.71. The number of ether oxygens (including phenoxy) is 2. The molecule has 138 valence electrons. The summed E-state index contributed by atoms with van der Waals surface area (Å²) in [6.07, 6.45) is 4.07. The van der Waals surface area contributed by atoms with Crippen molar-refractivity contribution in [3.8, 4) is 17.2 Å². The first-order chi connectivity index (χ1) is 13.2. The molecule has 0 aliphatic heterocycles. The Hall–Kier alpha value is -3.40. The zero-order valence-corrected chi connectivity index (χ0v) is 15.5. The first-order valence-electron chi connectivity index (χ1n) is 8.70. The fourth-order valence-electron chi connectivity index (χ4n) is 2.69. The van der Waals surface area contributed by atoms with E-state index in [9.17, 15) is 5.11 Å². The first-order valence-corrected chi connectivity index (χ1v) is 8.70. The second kappa shape index (κ2) is 8.81. The molecule has 3 aromatic rings. The lowest BCUT2D eigenvalue weighted by Crippen LogP contribution is -1.99. The van der Waals surface area contributed by atoms with Crippen LogP contribution in [-0.2, 0) is 6.54 Å². The van der Waals surface area contributed by atoms with Crippen molar-refractivity contribution in [2.24, 2.45) is 0 Å². The van der Waals surface area contributed by atoms with E-state index in [2.05, 4.69) is 5.32 Å². The minimum Gasteiger partial charge on any atom is -0.508 e. The fourth-order valence-corrected chi connectivity index (χ4v) is 2.69. The number of hydrogen-bond acceptors (Lipinski definition) is 4. The highest BCUT2D eigenvalue weighted by Gasteiger charge is 2.01. The Morgan fingerprint density at radius 1 is 0.815 bits per heavy atom. The van der Waals surface area contributed by atoms with E-state index in [1.165, 1.54) is 0 Å². The van der Waals surface area contributed by atoms with Crippen LogP contribution in [0.15, 0.2) is 66.7 Å². The topological polar surface area (TPSA) is 50.7 Å². The van der Waals surface area contributed by atoms with Crippen LogP contribution in [-0.4, -0.2) is 19.3 Å². The van der Waals surface area contributed by atoms with E-state index in [1.54, 1.807) is 20.3 Å². The van der Waals surface area contributed by atoms with Crippen molar-refractivity contribution >= 4 is 17.8 Å². The molecular weight excluding hydrogens is 338 g/mol. The molecule has 0 fully saturated rings. The smallest absolute Gasteiger partial charge is 0.123 e. The van der Waals surface area contributed by atoms with Gasteiger partial charge in [0.2, 0.25) is 0 Å². The minimum atomic E-state index is 0.304. The monoisotopic (exact) mass is 361 g/mol. The molecule has 0 spiro atoms. The molecule has 0 heterocycles. The minimum absolute atomic E-state index is 0.304. The quantitative estimate of drug-likeness (QED) is 0.569. The van der Waals surface area contributed by atoms with E-state index in [4.69, 9.17) is 9.47 Å². The number of phenols is 1. The first kappa shape index (κ1) is 18.4. The molecule has 0 aliphatic rings. The molecule has 2 N–H and O–H groups in total. The van der Waals surface area contributed by atoms with Crippen molar-refractivity contribution in [1.29, 1.82) is 0 Å². The van der Waals surface area contributed by atoms with Crippen molar-refractivity contribution in [3.05, 3.63) is 83.4 Å². The number of aromatic hydroxyl groups is 1. The predicted molar refractivity (Wildman–Crippen MR) is 110 cm³/mol. The van der Waals surface area contributed by atoms with E-state index >= 15 is 0 Å². The highest BCUT2D eigenvalue weighted by atomic mass is 16.5. The summed E-state index contributed by atoms with van der Waals surface area (Å²) in [4.78, 5) is 0. The summed E-state index contributed by atoms with van der Waals surface area (Å²) in [6.45, 7) is 0.575. The number of phenolic OH excluding ortho intramolecular Hbond substituents is 1. The lowest BCUT2D eigenvalue weighted by molar-refractivity contribution is 0.394. The second-order valence-corrected chi connectivity index (χ2v) is 6.08. The van der Waals surface area contributed by atoms with Crippen molar-refractivity contribution in [2.45, 2.75) is 6.54 Å².